The molecule has 0 aromatic carbocycles. The van der Waals surface area contributed by atoms with Gasteiger partial charge in [-0.3, -0.25) is 4.90 Å². The van der Waals surface area contributed by atoms with Crippen LogP contribution in [0.2, 0.25) is 0 Å². The molecule has 0 spiro atoms. The van der Waals surface area contributed by atoms with Crippen molar-refractivity contribution in [1.29, 1.82) is 0 Å². The predicted molar refractivity (Wildman–Crippen MR) is 72.1 cm³/mol. The lowest BCUT2D eigenvalue weighted by molar-refractivity contribution is 0.0655. The van der Waals surface area contributed by atoms with Crippen LogP contribution in [0.3, 0.4) is 0 Å². The fourth-order valence-electron chi connectivity index (χ4n) is 2.10. The van der Waals surface area contributed by atoms with Crippen LogP contribution < -0.4 is 0 Å². The van der Waals surface area contributed by atoms with Crippen LogP contribution in [-0.4, -0.2) is 27.7 Å². The van der Waals surface area contributed by atoms with Crippen molar-refractivity contribution in [3.8, 4) is 0 Å². The minimum absolute atomic E-state index is 0.0721. The average molecular weight is 239 g/mol. The molecule has 0 saturated heterocycles. The summed E-state index contributed by atoms with van der Waals surface area (Å²) in [5, 5.41) is 9.38. The van der Waals surface area contributed by atoms with E-state index in [0.717, 1.165) is 0 Å². The SMILES string of the molecule is C=CC([C@H](C=C)C(C)C)N(C(=O)O)C(C)(C)C. The van der Waals surface area contributed by atoms with E-state index in [1.807, 2.05) is 26.8 Å². The number of amides is 1. The first kappa shape index (κ1) is 15.8. The van der Waals surface area contributed by atoms with Crippen molar-refractivity contribution in [2.45, 2.75) is 46.2 Å². The first-order valence-corrected chi connectivity index (χ1v) is 5.94. The van der Waals surface area contributed by atoms with Gasteiger partial charge in [0.2, 0.25) is 0 Å². The van der Waals surface area contributed by atoms with Crippen molar-refractivity contribution in [1.82, 2.24) is 4.90 Å². The number of hydrogen-bond acceptors (Lipinski definition) is 1. The van der Waals surface area contributed by atoms with Crippen LogP contribution in [0.15, 0.2) is 25.3 Å². The van der Waals surface area contributed by atoms with Crippen molar-refractivity contribution < 1.29 is 9.90 Å². The summed E-state index contributed by atoms with van der Waals surface area (Å²) in [5.41, 5.74) is -0.458. The van der Waals surface area contributed by atoms with Gasteiger partial charge in [-0.25, -0.2) is 4.79 Å². The molecular weight excluding hydrogens is 214 g/mol. The molecule has 0 bridgehead atoms. The molecule has 3 nitrogen and oxygen atoms in total. The van der Waals surface area contributed by atoms with Crippen molar-refractivity contribution >= 4 is 6.09 Å². The largest absolute Gasteiger partial charge is 0.465 e. The lowest BCUT2D eigenvalue weighted by atomic mass is 9.85. The fourth-order valence-corrected chi connectivity index (χ4v) is 2.10. The number of hydrogen-bond donors (Lipinski definition) is 1. The zero-order chi connectivity index (χ0) is 13.8. The molecule has 0 heterocycles. The Morgan fingerprint density at radius 1 is 1.24 bits per heavy atom. The standard InChI is InChI=1S/C14H25NO2/c1-8-11(10(3)4)12(9-2)15(13(16)17)14(5,6)7/h8-12H,1-2H2,3-7H3,(H,16,17)/t11-,12?/m1/s1. The van der Waals surface area contributed by atoms with Gasteiger partial charge in [0.15, 0.2) is 0 Å². The monoisotopic (exact) mass is 239 g/mol. The summed E-state index contributed by atoms with van der Waals surface area (Å²) in [6, 6.07) is -0.245. The normalized spacial score (nSPS) is 15.2. The van der Waals surface area contributed by atoms with Crippen molar-refractivity contribution in [3.63, 3.8) is 0 Å². The molecular formula is C14H25NO2. The Bertz CT molecular complexity index is 289. The van der Waals surface area contributed by atoms with Crippen LogP contribution in [0.1, 0.15) is 34.6 Å². The molecule has 98 valence electrons. The molecule has 0 rings (SSSR count). The second-order valence-electron chi connectivity index (χ2n) is 5.61. The highest BCUT2D eigenvalue weighted by molar-refractivity contribution is 5.67. The average Bonchev–Trinajstić information content (AvgIpc) is 2.13. The Morgan fingerprint density at radius 2 is 1.71 bits per heavy atom. The Labute approximate surface area is 105 Å². The zero-order valence-corrected chi connectivity index (χ0v) is 11.6. The van der Waals surface area contributed by atoms with Crippen LogP contribution >= 0.6 is 0 Å². The summed E-state index contributed by atoms with van der Waals surface area (Å²) in [6.45, 7) is 17.4. The van der Waals surface area contributed by atoms with E-state index < -0.39 is 11.6 Å². The third-order valence-corrected chi connectivity index (χ3v) is 2.90. The maximum Gasteiger partial charge on any atom is 0.408 e. The first-order valence-electron chi connectivity index (χ1n) is 5.94. The minimum Gasteiger partial charge on any atom is -0.465 e. The van der Waals surface area contributed by atoms with Gasteiger partial charge in [-0.05, 0) is 26.7 Å². The lowest BCUT2D eigenvalue weighted by Crippen LogP contribution is -2.53. The minimum atomic E-state index is -0.921. The lowest BCUT2D eigenvalue weighted by Gasteiger charge is -2.42. The van der Waals surface area contributed by atoms with Crippen LogP contribution in [0.4, 0.5) is 4.79 Å². The van der Waals surface area contributed by atoms with E-state index in [9.17, 15) is 9.90 Å². The van der Waals surface area contributed by atoms with E-state index in [1.165, 1.54) is 4.90 Å². The van der Waals surface area contributed by atoms with E-state index in [-0.39, 0.29) is 12.0 Å². The number of carbonyl (C=O) groups is 1. The summed E-state index contributed by atoms with van der Waals surface area (Å²) in [4.78, 5) is 12.9. The van der Waals surface area contributed by atoms with Crippen LogP contribution in [-0.2, 0) is 0 Å². The summed E-state index contributed by atoms with van der Waals surface area (Å²) < 4.78 is 0. The molecule has 0 aromatic heterocycles. The Kier molecular flexibility index (Phi) is 5.46. The quantitative estimate of drug-likeness (QED) is 0.742. The van der Waals surface area contributed by atoms with Gasteiger partial charge in [0.05, 0.1) is 6.04 Å². The topological polar surface area (TPSA) is 40.5 Å². The van der Waals surface area contributed by atoms with E-state index in [4.69, 9.17) is 0 Å². The highest BCUT2D eigenvalue weighted by Crippen LogP contribution is 2.27. The van der Waals surface area contributed by atoms with Crippen LogP contribution in [0, 0.1) is 11.8 Å². The van der Waals surface area contributed by atoms with Gasteiger partial charge in [0.25, 0.3) is 0 Å². The van der Waals surface area contributed by atoms with Crippen molar-refractivity contribution in [2.75, 3.05) is 0 Å². The Hall–Kier alpha value is -1.25. The second kappa shape index (κ2) is 5.89. The first-order chi connectivity index (χ1) is 7.66. The summed E-state index contributed by atoms with van der Waals surface area (Å²) in [5.74, 6) is 0.391. The summed E-state index contributed by atoms with van der Waals surface area (Å²) in [7, 11) is 0. The number of rotatable bonds is 5. The molecule has 2 atom stereocenters. The third-order valence-electron chi connectivity index (χ3n) is 2.90. The van der Waals surface area contributed by atoms with Crippen LogP contribution in [0.5, 0.6) is 0 Å². The molecule has 1 unspecified atom stereocenters. The van der Waals surface area contributed by atoms with Gasteiger partial charge in [-0.2, -0.15) is 0 Å². The summed E-state index contributed by atoms with van der Waals surface area (Å²) >= 11 is 0. The second-order valence-corrected chi connectivity index (χ2v) is 5.61. The highest BCUT2D eigenvalue weighted by atomic mass is 16.4. The van der Waals surface area contributed by atoms with Gasteiger partial charge in [0, 0.05) is 11.5 Å². The number of nitrogens with zero attached hydrogens (tertiary/aromatic N) is 1. The molecule has 0 saturated carbocycles. The van der Waals surface area contributed by atoms with Gasteiger partial charge < -0.3 is 5.11 Å². The zero-order valence-electron chi connectivity index (χ0n) is 11.6. The van der Waals surface area contributed by atoms with Crippen LogP contribution in [0.25, 0.3) is 0 Å². The van der Waals surface area contributed by atoms with E-state index in [1.54, 1.807) is 6.08 Å². The van der Waals surface area contributed by atoms with Gasteiger partial charge in [-0.15, -0.1) is 13.2 Å². The molecule has 0 aliphatic heterocycles. The molecule has 0 radical (unpaired) electrons. The number of carboxylic acid groups (broad SMARTS) is 1. The molecule has 1 N–H and O–H groups in total. The Morgan fingerprint density at radius 3 is 1.88 bits per heavy atom. The molecule has 3 heteroatoms. The molecule has 0 aromatic rings. The van der Waals surface area contributed by atoms with Gasteiger partial charge >= 0.3 is 6.09 Å². The molecule has 1 amide bonds. The van der Waals surface area contributed by atoms with Crippen molar-refractivity contribution in [2.24, 2.45) is 11.8 Å². The Balaban J connectivity index is 5.38. The fraction of sp³-hybridized carbons (Fsp3) is 0.643. The van der Waals surface area contributed by atoms with Crippen molar-refractivity contribution in [3.05, 3.63) is 25.3 Å². The molecule has 17 heavy (non-hydrogen) atoms. The molecule has 0 fully saturated rings. The third kappa shape index (κ3) is 3.91. The highest BCUT2D eigenvalue weighted by Gasteiger charge is 2.35. The smallest absolute Gasteiger partial charge is 0.408 e. The molecule has 0 aliphatic carbocycles. The summed E-state index contributed by atoms with van der Waals surface area (Å²) in [6.07, 6.45) is 2.60. The predicted octanol–water partition coefficient (Wildman–Crippen LogP) is 3.78. The van der Waals surface area contributed by atoms with E-state index in [0.29, 0.717) is 5.92 Å². The maximum atomic E-state index is 11.4. The maximum absolute atomic E-state index is 11.4. The van der Waals surface area contributed by atoms with Gasteiger partial charge in [0.1, 0.15) is 0 Å². The van der Waals surface area contributed by atoms with E-state index in [2.05, 4.69) is 27.0 Å². The van der Waals surface area contributed by atoms with E-state index >= 15 is 0 Å². The van der Waals surface area contributed by atoms with Gasteiger partial charge in [-0.1, -0.05) is 26.0 Å². The molecule has 0 aliphatic rings.